The number of nitrogens with one attached hydrogen (secondary N) is 1. The summed E-state index contributed by atoms with van der Waals surface area (Å²) in [6, 6.07) is 7.39. The van der Waals surface area contributed by atoms with Crippen LogP contribution in [0.4, 0.5) is 5.69 Å². The molecule has 1 unspecified atom stereocenters. The van der Waals surface area contributed by atoms with Gasteiger partial charge in [-0.1, -0.05) is 18.2 Å². The molecule has 6 heteroatoms. The van der Waals surface area contributed by atoms with Crippen molar-refractivity contribution >= 4 is 17.6 Å². The SMILES string of the molecule is O=C(O)C1Cc2ccccc2N(C(=O)c2cn[nH]c2)C1. The number of carboxylic acids is 1. The van der Waals surface area contributed by atoms with Crippen molar-refractivity contribution < 1.29 is 14.7 Å². The van der Waals surface area contributed by atoms with Crippen LogP contribution in [0.3, 0.4) is 0 Å². The zero-order valence-corrected chi connectivity index (χ0v) is 10.6. The van der Waals surface area contributed by atoms with Crippen molar-refractivity contribution in [2.75, 3.05) is 11.4 Å². The highest BCUT2D eigenvalue weighted by Gasteiger charge is 2.32. The van der Waals surface area contributed by atoms with Crippen molar-refractivity contribution in [3.63, 3.8) is 0 Å². The summed E-state index contributed by atoms with van der Waals surface area (Å²) in [6.07, 6.45) is 3.39. The number of para-hydroxylation sites is 1. The predicted molar refractivity (Wildman–Crippen MR) is 71.5 cm³/mol. The largest absolute Gasteiger partial charge is 0.481 e. The molecule has 0 radical (unpaired) electrons. The summed E-state index contributed by atoms with van der Waals surface area (Å²) in [7, 11) is 0. The molecule has 1 aromatic heterocycles. The Bertz CT molecular complexity index is 651. The summed E-state index contributed by atoms with van der Waals surface area (Å²) in [6.45, 7) is 0.177. The van der Waals surface area contributed by atoms with Gasteiger partial charge in [-0.25, -0.2) is 0 Å². The van der Waals surface area contributed by atoms with Crippen molar-refractivity contribution in [3.05, 3.63) is 47.8 Å². The number of aliphatic carboxylic acids is 1. The number of hydrogen-bond acceptors (Lipinski definition) is 3. The number of amides is 1. The first-order valence-corrected chi connectivity index (χ1v) is 6.28. The van der Waals surface area contributed by atoms with E-state index in [0.29, 0.717) is 12.0 Å². The van der Waals surface area contributed by atoms with E-state index < -0.39 is 11.9 Å². The van der Waals surface area contributed by atoms with Crippen LogP contribution in [-0.4, -0.2) is 33.7 Å². The molecule has 1 aliphatic heterocycles. The van der Waals surface area contributed by atoms with Crippen molar-refractivity contribution in [2.24, 2.45) is 5.92 Å². The average molecular weight is 271 g/mol. The van der Waals surface area contributed by atoms with Gasteiger partial charge in [0.05, 0.1) is 17.7 Å². The fourth-order valence-electron chi connectivity index (χ4n) is 2.48. The number of carbonyl (C=O) groups is 2. The highest BCUT2D eigenvalue weighted by atomic mass is 16.4. The van der Waals surface area contributed by atoms with E-state index in [2.05, 4.69) is 10.2 Å². The maximum Gasteiger partial charge on any atom is 0.308 e. The number of fused-ring (bicyclic) bond motifs is 1. The Labute approximate surface area is 115 Å². The second-order valence-corrected chi connectivity index (χ2v) is 4.77. The average Bonchev–Trinajstić information content (AvgIpc) is 2.99. The normalized spacial score (nSPS) is 17.6. The molecule has 0 spiro atoms. The van der Waals surface area contributed by atoms with Crippen LogP contribution in [0.15, 0.2) is 36.7 Å². The molecule has 6 nitrogen and oxygen atoms in total. The summed E-state index contributed by atoms with van der Waals surface area (Å²) < 4.78 is 0. The third-order valence-corrected chi connectivity index (χ3v) is 3.49. The Morgan fingerprint density at radius 2 is 2.15 bits per heavy atom. The lowest BCUT2D eigenvalue weighted by Crippen LogP contribution is -2.42. The Hall–Kier alpha value is -2.63. The van der Waals surface area contributed by atoms with E-state index in [1.807, 2.05) is 24.3 Å². The summed E-state index contributed by atoms with van der Waals surface area (Å²) in [5.74, 6) is -1.71. The minimum Gasteiger partial charge on any atom is -0.481 e. The van der Waals surface area contributed by atoms with Gasteiger partial charge in [0, 0.05) is 18.4 Å². The summed E-state index contributed by atoms with van der Waals surface area (Å²) in [5, 5.41) is 15.6. The van der Waals surface area contributed by atoms with E-state index in [4.69, 9.17) is 0 Å². The number of nitrogens with zero attached hydrogens (tertiary/aromatic N) is 2. The van der Waals surface area contributed by atoms with Gasteiger partial charge in [0.15, 0.2) is 0 Å². The van der Waals surface area contributed by atoms with Crippen LogP contribution in [0.5, 0.6) is 0 Å². The Balaban J connectivity index is 2.01. The molecule has 20 heavy (non-hydrogen) atoms. The van der Waals surface area contributed by atoms with Crippen LogP contribution in [0, 0.1) is 5.92 Å². The van der Waals surface area contributed by atoms with Gasteiger partial charge in [-0.3, -0.25) is 14.7 Å². The Morgan fingerprint density at radius 3 is 2.85 bits per heavy atom. The topological polar surface area (TPSA) is 86.3 Å². The molecule has 0 bridgehead atoms. The van der Waals surface area contributed by atoms with Crippen LogP contribution in [0.2, 0.25) is 0 Å². The first-order valence-electron chi connectivity index (χ1n) is 6.28. The molecule has 0 saturated carbocycles. The van der Waals surface area contributed by atoms with E-state index in [0.717, 1.165) is 11.3 Å². The number of anilines is 1. The van der Waals surface area contributed by atoms with Crippen LogP contribution >= 0.6 is 0 Å². The van der Waals surface area contributed by atoms with Gasteiger partial charge in [-0.15, -0.1) is 0 Å². The molecule has 1 aliphatic rings. The number of aromatic nitrogens is 2. The second kappa shape index (κ2) is 4.80. The van der Waals surface area contributed by atoms with E-state index in [1.165, 1.54) is 17.3 Å². The number of aromatic amines is 1. The van der Waals surface area contributed by atoms with Crippen molar-refractivity contribution in [2.45, 2.75) is 6.42 Å². The minimum absolute atomic E-state index is 0.177. The van der Waals surface area contributed by atoms with Crippen molar-refractivity contribution in [1.29, 1.82) is 0 Å². The van der Waals surface area contributed by atoms with Gasteiger partial charge in [-0.2, -0.15) is 5.10 Å². The number of hydrogen-bond donors (Lipinski definition) is 2. The molecule has 2 N–H and O–H groups in total. The molecular formula is C14H13N3O3. The fourth-order valence-corrected chi connectivity index (χ4v) is 2.48. The van der Waals surface area contributed by atoms with Crippen LogP contribution in [-0.2, 0) is 11.2 Å². The van der Waals surface area contributed by atoms with Gasteiger partial charge in [0.1, 0.15) is 0 Å². The van der Waals surface area contributed by atoms with Crippen molar-refractivity contribution in [3.8, 4) is 0 Å². The third kappa shape index (κ3) is 2.05. The lowest BCUT2D eigenvalue weighted by atomic mass is 9.92. The number of benzene rings is 1. The van der Waals surface area contributed by atoms with Crippen molar-refractivity contribution in [1.82, 2.24) is 10.2 Å². The minimum atomic E-state index is -0.885. The smallest absolute Gasteiger partial charge is 0.308 e. The van der Waals surface area contributed by atoms with Crippen LogP contribution in [0.25, 0.3) is 0 Å². The quantitative estimate of drug-likeness (QED) is 0.862. The molecule has 2 aromatic rings. The highest BCUT2D eigenvalue weighted by molar-refractivity contribution is 6.06. The fraction of sp³-hybridized carbons (Fsp3) is 0.214. The van der Waals surface area contributed by atoms with Gasteiger partial charge < -0.3 is 10.0 Å². The zero-order chi connectivity index (χ0) is 14.1. The number of rotatable bonds is 2. The van der Waals surface area contributed by atoms with Gasteiger partial charge in [-0.05, 0) is 18.1 Å². The maximum atomic E-state index is 12.5. The van der Waals surface area contributed by atoms with E-state index >= 15 is 0 Å². The van der Waals surface area contributed by atoms with E-state index in [-0.39, 0.29) is 12.5 Å². The summed E-state index contributed by atoms with van der Waals surface area (Å²) in [4.78, 5) is 25.2. The zero-order valence-electron chi connectivity index (χ0n) is 10.6. The molecule has 0 fully saturated rings. The predicted octanol–water partition coefficient (Wildman–Crippen LogP) is 1.31. The van der Waals surface area contributed by atoms with E-state index in [9.17, 15) is 14.7 Å². The molecule has 0 saturated heterocycles. The molecule has 1 atom stereocenters. The van der Waals surface area contributed by atoms with Crippen LogP contribution < -0.4 is 4.90 Å². The molecule has 2 heterocycles. The molecule has 0 aliphatic carbocycles. The van der Waals surface area contributed by atoms with Gasteiger partial charge >= 0.3 is 5.97 Å². The molecule has 1 aromatic carbocycles. The summed E-state index contributed by atoms with van der Waals surface area (Å²) in [5.41, 5.74) is 2.07. The Morgan fingerprint density at radius 1 is 1.35 bits per heavy atom. The first-order chi connectivity index (χ1) is 9.66. The summed E-state index contributed by atoms with van der Waals surface area (Å²) >= 11 is 0. The Kier molecular flexibility index (Phi) is 2.98. The second-order valence-electron chi connectivity index (χ2n) is 4.77. The lowest BCUT2D eigenvalue weighted by molar-refractivity contribution is -0.141. The van der Waals surface area contributed by atoms with E-state index in [1.54, 1.807) is 0 Å². The first kappa shape index (κ1) is 12.4. The standard InChI is InChI=1S/C14H13N3O3/c18-13(11-6-15-16-7-11)17-8-10(14(19)20)5-9-3-1-2-4-12(9)17/h1-4,6-7,10H,5,8H2,(H,15,16)(H,19,20). The number of H-pyrrole nitrogens is 1. The highest BCUT2D eigenvalue weighted by Crippen LogP contribution is 2.30. The molecule has 3 rings (SSSR count). The number of carboxylic acid groups (broad SMARTS) is 1. The van der Waals surface area contributed by atoms with Crippen LogP contribution in [0.1, 0.15) is 15.9 Å². The monoisotopic (exact) mass is 271 g/mol. The molecule has 1 amide bonds. The molecular weight excluding hydrogens is 258 g/mol. The van der Waals surface area contributed by atoms with Gasteiger partial charge in [0.2, 0.25) is 0 Å². The van der Waals surface area contributed by atoms with Gasteiger partial charge in [0.25, 0.3) is 5.91 Å². The third-order valence-electron chi connectivity index (χ3n) is 3.49. The molecule has 102 valence electrons. The number of carbonyl (C=O) groups excluding carboxylic acids is 1. The lowest BCUT2D eigenvalue weighted by Gasteiger charge is -2.32. The maximum absolute atomic E-state index is 12.5.